The monoisotopic (exact) mass is 266 g/mol. The zero-order valence-electron chi connectivity index (χ0n) is 11.3. The lowest BCUT2D eigenvalue weighted by Gasteiger charge is -2.05. The molecule has 1 aliphatic heterocycles. The van der Waals surface area contributed by atoms with E-state index in [1.165, 1.54) is 11.1 Å². The molecule has 3 nitrogen and oxygen atoms in total. The van der Waals surface area contributed by atoms with Crippen molar-refractivity contribution in [2.75, 3.05) is 0 Å². The van der Waals surface area contributed by atoms with Crippen LogP contribution in [-0.2, 0) is 9.53 Å². The second-order valence-corrected chi connectivity index (χ2v) is 4.81. The summed E-state index contributed by atoms with van der Waals surface area (Å²) in [6.07, 6.45) is 4.99. The fraction of sp³-hybridized carbons (Fsp3) is 0.118. The standard InChI is InChI=1S/C17H14O3/c1-11-5-6-13(8-12(11)2)16-10-14(17(18)20-16)9-15-4-3-7-19-15/h3-10H,1-2H3. The van der Waals surface area contributed by atoms with Crippen LogP contribution in [0.3, 0.4) is 0 Å². The van der Waals surface area contributed by atoms with E-state index in [0.717, 1.165) is 5.56 Å². The summed E-state index contributed by atoms with van der Waals surface area (Å²) in [5.41, 5.74) is 3.78. The highest BCUT2D eigenvalue weighted by molar-refractivity contribution is 6.04. The Kier molecular flexibility index (Phi) is 3.03. The molecule has 0 radical (unpaired) electrons. The van der Waals surface area contributed by atoms with E-state index >= 15 is 0 Å². The minimum atomic E-state index is -0.352. The Morgan fingerprint density at radius 3 is 2.65 bits per heavy atom. The number of furan rings is 1. The number of esters is 1. The number of ether oxygens (including phenoxy) is 1. The summed E-state index contributed by atoms with van der Waals surface area (Å²) >= 11 is 0. The molecule has 2 heterocycles. The van der Waals surface area contributed by atoms with Crippen LogP contribution in [0.5, 0.6) is 0 Å². The fourth-order valence-electron chi connectivity index (χ4n) is 2.05. The van der Waals surface area contributed by atoms with Gasteiger partial charge in [-0.25, -0.2) is 4.79 Å². The van der Waals surface area contributed by atoms with Crippen LogP contribution in [0.15, 0.2) is 52.7 Å². The molecule has 1 aromatic carbocycles. The van der Waals surface area contributed by atoms with Crippen LogP contribution < -0.4 is 0 Å². The average molecular weight is 266 g/mol. The second-order valence-electron chi connectivity index (χ2n) is 4.81. The van der Waals surface area contributed by atoms with Crippen molar-refractivity contribution in [1.29, 1.82) is 0 Å². The molecule has 1 aliphatic rings. The Hall–Kier alpha value is -2.55. The first-order valence-corrected chi connectivity index (χ1v) is 6.40. The molecule has 100 valence electrons. The van der Waals surface area contributed by atoms with Crippen molar-refractivity contribution < 1.29 is 13.9 Å². The van der Waals surface area contributed by atoms with Gasteiger partial charge >= 0.3 is 5.97 Å². The highest BCUT2D eigenvalue weighted by Gasteiger charge is 2.22. The van der Waals surface area contributed by atoms with Gasteiger partial charge in [0.2, 0.25) is 0 Å². The van der Waals surface area contributed by atoms with E-state index in [0.29, 0.717) is 17.1 Å². The van der Waals surface area contributed by atoms with Crippen molar-refractivity contribution in [2.24, 2.45) is 0 Å². The quantitative estimate of drug-likeness (QED) is 0.611. The number of cyclic esters (lactones) is 1. The Balaban J connectivity index is 1.96. The summed E-state index contributed by atoms with van der Waals surface area (Å²) in [5.74, 6) is 0.861. The molecule has 1 aromatic heterocycles. The van der Waals surface area contributed by atoms with E-state index in [1.54, 1.807) is 30.5 Å². The Bertz CT molecular complexity index is 719. The number of carbonyl (C=O) groups excluding carboxylic acids is 1. The van der Waals surface area contributed by atoms with E-state index in [1.807, 2.05) is 25.1 Å². The van der Waals surface area contributed by atoms with Gasteiger partial charge in [0.15, 0.2) is 0 Å². The van der Waals surface area contributed by atoms with E-state index in [4.69, 9.17) is 9.15 Å². The Morgan fingerprint density at radius 1 is 1.10 bits per heavy atom. The number of carbonyl (C=O) groups is 1. The third-order valence-electron chi connectivity index (χ3n) is 3.36. The van der Waals surface area contributed by atoms with Crippen molar-refractivity contribution in [2.45, 2.75) is 13.8 Å². The number of aryl methyl sites for hydroxylation is 2. The molecule has 0 aliphatic carbocycles. The lowest BCUT2D eigenvalue weighted by molar-refractivity contribution is -0.130. The topological polar surface area (TPSA) is 39.4 Å². The van der Waals surface area contributed by atoms with Crippen LogP contribution in [0, 0.1) is 13.8 Å². The minimum absolute atomic E-state index is 0.352. The summed E-state index contributed by atoms with van der Waals surface area (Å²) in [4.78, 5) is 11.9. The second kappa shape index (κ2) is 4.85. The normalized spacial score (nSPS) is 16.4. The summed E-state index contributed by atoms with van der Waals surface area (Å²) < 4.78 is 10.5. The molecular weight excluding hydrogens is 252 g/mol. The van der Waals surface area contributed by atoms with Crippen LogP contribution in [0.1, 0.15) is 22.5 Å². The van der Waals surface area contributed by atoms with Gasteiger partial charge in [-0.2, -0.15) is 0 Å². The molecule has 0 saturated carbocycles. The van der Waals surface area contributed by atoms with Crippen molar-refractivity contribution >= 4 is 17.8 Å². The lowest BCUT2D eigenvalue weighted by Crippen LogP contribution is -1.97. The number of rotatable bonds is 2. The van der Waals surface area contributed by atoms with E-state index < -0.39 is 0 Å². The Labute approximate surface area is 117 Å². The molecule has 0 saturated heterocycles. The highest BCUT2D eigenvalue weighted by Crippen LogP contribution is 2.28. The first-order valence-electron chi connectivity index (χ1n) is 6.40. The smallest absolute Gasteiger partial charge is 0.343 e. The van der Waals surface area contributed by atoms with Crippen LogP contribution in [0.4, 0.5) is 0 Å². The van der Waals surface area contributed by atoms with Crippen LogP contribution in [-0.4, -0.2) is 5.97 Å². The maximum Gasteiger partial charge on any atom is 0.343 e. The van der Waals surface area contributed by atoms with Gasteiger partial charge in [-0.1, -0.05) is 12.1 Å². The van der Waals surface area contributed by atoms with Crippen LogP contribution >= 0.6 is 0 Å². The van der Waals surface area contributed by atoms with Crippen LogP contribution in [0.25, 0.3) is 11.8 Å². The number of hydrogen-bond acceptors (Lipinski definition) is 3. The molecule has 3 rings (SSSR count). The first-order chi connectivity index (χ1) is 9.63. The lowest BCUT2D eigenvalue weighted by atomic mass is 10.0. The Morgan fingerprint density at radius 2 is 1.95 bits per heavy atom. The van der Waals surface area contributed by atoms with Gasteiger partial charge in [0.05, 0.1) is 11.8 Å². The van der Waals surface area contributed by atoms with Crippen LogP contribution in [0.2, 0.25) is 0 Å². The zero-order chi connectivity index (χ0) is 14.1. The molecule has 0 atom stereocenters. The third-order valence-corrected chi connectivity index (χ3v) is 3.36. The van der Waals surface area contributed by atoms with E-state index in [2.05, 4.69) is 6.92 Å². The molecule has 2 aromatic rings. The van der Waals surface area contributed by atoms with Crippen molar-refractivity contribution in [3.05, 3.63) is 70.7 Å². The van der Waals surface area contributed by atoms with Gasteiger partial charge in [-0.3, -0.25) is 0 Å². The van der Waals surface area contributed by atoms with Gasteiger partial charge in [-0.15, -0.1) is 0 Å². The maximum atomic E-state index is 11.9. The largest absolute Gasteiger partial charge is 0.465 e. The molecule has 3 heteroatoms. The van der Waals surface area contributed by atoms with Gasteiger partial charge in [0.1, 0.15) is 11.5 Å². The van der Waals surface area contributed by atoms with Gasteiger partial charge < -0.3 is 9.15 Å². The first kappa shape index (κ1) is 12.5. The fourth-order valence-corrected chi connectivity index (χ4v) is 2.05. The maximum absolute atomic E-state index is 11.9. The molecule has 0 N–H and O–H groups in total. The van der Waals surface area contributed by atoms with Gasteiger partial charge in [-0.05, 0) is 55.3 Å². The van der Waals surface area contributed by atoms with Gasteiger partial charge in [0, 0.05) is 5.56 Å². The van der Waals surface area contributed by atoms with E-state index in [-0.39, 0.29) is 5.97 Å². The average Bonchev–Trinajstić information content (AvgIpc) is 3.04. The predicted octanol–water partition coefficient (Wildman–Crippen LogP) is 3.88. The predicted molar refractivity (Wildman–Crippen MR) is 76.7 cm³/mol. The minimum Gasteiger partial charge on any atom is -0.465 e. The van der Waals surface area contributed by atoms with Crippen molar-refractivity contribution in [3.63, 3.8) is 0 Å². The molecule has 20 heavy (non-hydrogen) atoms. The van der Waals surface area contributed by atoms with E-state index in [9.17, 15) is 4.79 Å². The number of benzene rings is 1. The molecule has 0 fully saturated rings. The van der Waals surface area contributed by atoms with Crippen molar-refractivity contribution in [3.8, 4) is 0 Å². The molecular formula is C17H14O3. The third kappa shape index (κ3) is 2.30. The SMILES string of the molecule is Cc1ccc(C2=CC(=Cc3ccco3)C(=O)O2)cc1C. The number of hydrogen-bond donors (Lipinski definition) is 0. The molecule has 0 bridgehead atoms. The van der Waals surface area contributed by atoms with Crippen molar-refractivity contribution in [1.82, 2.24) is 0 Å². The molecule has 0 spiro atoms. The molecule has 0 unspecified atom stereocenters. The van der Waals surface area contributed by atoms with Gasteiger partial charge in [0.25, 0.3) is 0 Å². The summed E-state index contributed by atoms with van der Waals surface area (Å²) in [6.45, 7) is 4.09. The summed E-state index contributed by atoms with van der Waals surface area (Å²) in [6, 6.07) is 9.57. The molecule has 0 amide bonds. The summed E-state index contributed by atoms with van der Waals surface area (Å²) in [7, 11) is 0. The zero-order valence-corrected chi connectivity index (χ0v) is 11.3. The summed E-state index contributed by atoms with van der Waals surface area (Å²) in [5, 5.41) is 0. The highest BCUT2D eigenvalue weighted by atomic mass is 16.5.